The summed E-state index contributed by atoms with van der Waals surface area (Å²) in [5.74, 6) is -0.212. The monoisotopic (exact) mass is 587 g/mol. The predicted octanol–water partition coefficient (Wildman–Crippen LogP) is 2.80. The van der Waals surface area contributed by atoms with Gasteiger partial charge in [0.15, 0.2) is 12.7 Å². The van der Waals surface area contributed by atoms with E-state index in [-0.39, 0.29) is 41.3 Å². The molecule has 212 valence electrons. The minimum absolute atomic E-state index is 0.00552. The average molecular weight is 588 g/mol. The number of hydrogen-bond acceptors (Lipinski definition) is 7. The van der Waals surface area contributed by atoms with Crippen LogP contribution in [0.1, 0.15) is 5.56 Å². The smallest absolute Gasteiger partial charge is 0.265 e. The van der Waals surface area contributed by atoms with Crippen LogP contribution in [-0.2, 0) is 30.8 Å². The van der Waals surface area contributed by atoms with Gasteiger partial charge in [-0.15, -0.1) is 0 Å². The number of fused-ring (bicyclic) bond motifs is 1. The van der Waals surface area contributed by atoms with Crippen molar-refractivity contribution in [2.75, 3.05) is 44.9 Å². The molecule has 0 fully saturated rings. The van der Waals surface area contributed by atoms with Crippen LogP contribution in [0.2, 0.25) is 5.02 Å². The number of rotatable bonds is 12. The number of anilines is 1. The van der Waals surface area contributed by atoms with Crippen molar-refractivity contribution in [3.8, 4) is 11.5 Å². The third-order valence-electron chi connectivity index (χ3n) is 6.09. The molecule has 4 rings (SSSR count). The van der Waals surface area contributed by atoms with Crippen LogP contribution in [0.4, 0.5) is 5.69 Å². The Morgan fingerprint density at radius 1 is 1.05 bits per heavy atom. The van der Waals surface area contributed by atoms with E-state index in [0.29, 0.717) is 24.4 Å². The average Bonchev–Trinajstić information content (AvgIpc) is 2.96. The van der Waals surface area contributed by atoms with Gasteiger partial charge in [0, 0.05) is 20.2 Å². The Kier molecular flexibility index (Phi) is 9.99. The summed E-state index contributed by atoms with van der Waals surface area (Å²) in [6.07, 6.45) is -0.246. The van der Waals surface area contributed by atoms with Crippen molar-refractivity contribution in [1.29, 1.82) is 0 Å². The van der Waals surface area contributed by atoms with Crippen molar-refractivity contribution in [2.24, 2.45) is 0 Å². The zero-order valence-corrected chi connectivity index (χ0v) is 23.4. The van der Waals surface area contributed by atoms with Gasteiger partial charge >= 0.3 is 0 Å². The first kappa shape index (κ1) is 29.3. The molecular weight excluding hydrogens is 558 g/mol. The van der Waals surface area contributed by atoms with Gasteiger partial charge in [0.05, 0.1) is 28.8 Å². The van der Waals surface area contributed by atoms with Gasteiger partial charge in [-0.1, -0.05) is 54.1 Å². The number of benzene rings is 3. The molecule has 3 aromatic rings. The zero-order chi connectivity index (χ0) is 28.5. The van der Waals surface area contributed by atoms with Crippen molar-refractivity contribution in [2.45, 2.75) is 17.4 Å². The summed E-state index contributed by atoms with van der Waals surface area (Å²) in [7, 11) is -2.32. The number of para-hydroxylation sites is 2. The minimum atomic E-state index is -3.79. The predicted molar refractivity (Wildman–Crippen MR) is 150 cm³/mol. The lowest BCUT2D eigenvalue weighted by Gasteiger charge is -2.34. The molecule has 10 nitrogen and oxygen atoms in total. The summed E-state index contributed by atoms with van der Waals surface area (Å²) in [5, 5.41) is 2.91. The van der Waals surface area contributed by atoms with E-state index in [1.165, 1.54) is 30.2 Å². The second-order valence-electron chi connectivity index (χ2n) is 8.88. The molecule has 0 aliphatic carbocycles. The molecular formula is C28H30ClN3O7S. The number of amides is 2. The fourth-order valence-corrected chi connectivity index (χ4v) is 5.38. The molecule has 1 aliphatic heterocycles. The number of carbonyl (C=O) groups is 2. The van der Waals surface area contributed by atoms with E-state index in [1.807, 2.05) is 30.3 Å². The van der Waals surface area contributed by atoms with Crippen molar-refractivity contribution in [3.05, 3.63) is 83.4 Å². The summed E-state index contributed by atoms with van der Waals surface area (Å²) in [6, 6.07) is 20.7. The summed E-state index contributed by atoms with van der Waals surface area (Å²) >= 11 is 6.26. The van der Waals surface area contributed by atoms with Gasteiger partial charge in [-0.2, -0.15) is 0 Å². The van der Waals surface area contributed by atoms with Crippen LogP contribution >= 0.6 is 11.6 Å². The maximum absolute atomic E-state index is 13.2. The van der Waals surface area contributed by atoms with Crippen LogP contribution in [0.5, 0.6) is 11.5 Å². The van der Waals surface area contributed by atoms with E-state index in [0.717, 1.165) is 5.56 Å². The van der Waals surface area contributed by atoms with Crippen LogP contribution in [0.3, 0.4) is 0 Å². The second kappa shape index (κ2) is 13.6. The molecule has 0 radical (unpaired) electrons. The SMILES string of the molecule is COCCNS(=O)(=O)c1ccc(OCC(=O)N2C[C@H](C(=O)NCCc3ccccc3)Oc3ccccc32)c(Cl)c1. The fraction of sp³-hybridized carbons (Fsp3) is 0.286. The van der Waals surface area contributed by atoms with Crippen molar-refractivity contribution in [3.63, 3.8) is 0 Å². The molecule has 0 aromatic heterocycles. The Bertz CT molecular complexity index is 1440. The van der Waals surface area contributed by atoms with E-state index in [9.17, 15) is 18.0 Å². The number of ether oxygens (including phenoxy) is 3. The Morgan fingerprint density at radius 3 is 2.55 bits per heavy atom. The molecule has 0 spiro atoms. The van der Waals surface area contributed by atoms with Gasteiger partial charge in [-0.05, 0) is 42.3 Å². The molecule has 40 heavy (non-hydrogen) atoms. The molecule has 2 N–H and O–H groups in total. The maximum atomic E-state index is 13.2. The highest BCUT2D eigenvalue weighted by atomic mass is 35.5. The van der Waals surface area contributed by atoms with E-state index in [2.05, 4.69) is 10.0 Å². The Morgan fingerprint density at radius 2 is 1.80 bits per heavy atom. The maximum Gasteiger partial charge on any atom is 0.265 e. The number of sulfonamides is 1. The molecule has 0 saturated heterocycles. The van der Waals surface area contributed by atoms with Gasteiger partial charge in [0.1, 0.15) is 11.5 Å². The third-order valence-corrected chi connectivity index (χ3v) is 7.84. The standard InChI is InChI=1S/C28H30ClN3O7S/c1-37-16-15-31-40(35,36)21-11-12-24(22(29)17-21)38-19-27(33)32-18-26(39-25-10-6-5-9-23(25)32)28(34)30-14-13-20-7-3-2-4-8-20/h2-12,17,26,31H,13-16,18-19H2,1H3,(H,30,34)/t26-/m1/s1. The molecule has 3 aromatic carbocycles. The molecule has 1 aliphatic rings. The minimum Gasteiger partial charge on any atom is -0.482 e. The first-order chi connectivity index (χ1) is 19.3. The summed E-state index contributed by atoms with van der Waals surface area (Å²) < 4.78 is 43.6. The van der Waals surface area contributed by atoms with Gasteiger partial charge in [-0.3, -0.25) is 9.59 Å². The summed E-state index contributed by atoms with van der Waals surface area (Å²) in [5.41, 5.74) is 1.61. The molecule has 1 heterocycles. The van der Waals surface area contributed by atoms with Crippen LogP contribution in [0.15, 0.2) is 77.7 Å². The second-order valence-corrected chi connectivity index (χ2v) is 11.1. The Hall–Kier alpha value is -3.64. The van der Waals surface area contributed by atoms with Crippen molar-refractivity contribution < 1.29 is 32.2 Å². The molecule has 0 bridgehead atoms. The number of nitrogens with one attached hydrogen (secondary N) is 2. The van der Waals surface area contributed by atoms with E-state index in [4.69, 9.17) is 25.8 Å². The zero-order valence-electron chi connectivity index (χ0n) is 21.8. The van der Waals surface area contributed by atoms with Crippen molar-refractivity contribution in [1.82, 2.24) is 10.0 Å². The highest BCUT2D eigenvalue weighted by Crippen LogP contribution is 2.34. The largest absolute Gasteiger partial charge is 0.482 e. The molecule has 0 saturated carbocycles. The fourth-order valence-electron chi connectivity index (χ4n) is 4.04. The lowest BCUT2D eigenvalue weighted by molar-refractivity contribution is -0.128. The highest BCUT2D eigenvalue weighted by molar-refractivity contribution is 7.89. The molecule has 0 unspecified atom stereocenters. The molecule has 1 atom stereocenters. The quantitative estimate of drug-likeness (QED) is 0.312. The third kappa shape index (κ3) is 7.51. The van der Waals surface area contributed by atoms with Crippen LogP contribution in [-0.4, -0.2) is 66.3 Å². The lowest BCUT2D eigenvalue weighted by Crippen LogP contribution is -2.52. The van der Waals surface area contributed by atoms with Gasteiger partial charge in [0.2, 0.25) is 10.0 Å². The van der Waals surface area contributed by atoms with Gasteiger partial charge in [-0.25, -0.2) is 13.1 Å². The Balaban J connectivity index is 1.39. The number of halogens is 1. The first-order valence-corrected chi connectivity index (χ1v) is 14.4. The van der Waals surface area contributed by atoms with E-state index < -0.39 is 28.6 Å². The topological polar surface area (TPSA) is 123 Å². The number of hydrogen-bond donors (Lipinski definition) is 2. The van der Waals surface area contributed by atoms with Crippen LogP contribution in [0.25, 0.3) is 0 Å². The Labute approximate surface area is 238 Å². The van der Waals surface area contributed by atoms with Crippen molar-refractivity contribution >= 4 is 39.1 Å². The first-order valence-electron chi connectivity index (χ1n) is 12.6. The van der Waals surface area contributed by atoms with Crippen LogP contribution < -0.4 is 24.4 Å². The normalized spacial score (nSPS) is 14.7. The molecule has 2 amide bonds. The number of nitrogens with zero attached hydrogens (tertiary/aromatic N) is 1. The van der Waals surface area contributed by atoms with Gasteiger partial charge < -0.3 is 24.4 Å². The van der Waals surface area contributed by atoms with E-state index >= 15 is 0 Å². The highest BCUT2D eigenvalue weighted by Gasteiger charge is 2.34. The molecule has 12 heteroatoms. The van der Waals surface area contributed by atoms with E-state index in [1.54, 1.807) is 24.3 Å². The van der Waals surface area contributed by atoms with Crippen LogP contribution in [0, 0.1) is 0 Å². The summed E-state index contributed by atoms with van der Waals surface area (Å²) in [6.45, 7) is 0.351. The number of carbonyl (C=O) groups excluding carboxylic acids is 2. The lowest BCUT2D eigenvalue weighted by atomic mass is 10.1. The van der Waals surface area contributed by atoms with Gasteiger partial charge in [0.25, 0.3) is 11.8 Å². The number of methoxy groups -OCH3 is 1. The summed E-state index contributed by atoms with van der Waals surface area (Å²) in [4.78, 5) is 27.5.